The summed E-state index contributed by atoms with van der Waals surface area (Å²) in [5.41, 5.74) is 1.06. The molecule has 0 aromatic heterocycles. The molecule has 3 nitrogen and oxygen atoms in total. The molecule has 17 heavy (non-hydrogen) atoms. The molecule has 1 atom stereocenters. The summed E-state index contributed by atoms with van der Waals surface area (Å²) in [5, 5.41) is 3.35. The fourth-order valence-corrected chi connectivity index (χ4v) is 4.44. The monoisotopic (exact) mass is 271 g/mol. The van der Waals surface area contributed by atoms with Crippen LogP contribution in [-0.2, 0) is 9.84 Å². The van der Waals surface area contributed by atoms with Crippen LogP contribution in [0.3, 0.4) is 0 Å². The zero-order valence-corrected chi connectivity index (χ0v) is 11.5. The van der Waals surface area contributed by atoms with Gasteiger partial charge in [-0.2, -0.15) is 0 Å². The van der Waals surface area contributed by atoms with Crippen molar-refractivity contribution in [2.75, 3.05) is 22.6 Å². The number of hydrogen-bond donors (Lipinski definition) is 1. The third kappa shape index (κ3) is 3.39. The Balaban J connectivity index is 2.08. The van der Waals surface area contributed by atoms with Gasteiger partial charge in [0.1, 0.15) is 0 Å². The highest BCUT2D eigenvalue weighted by Crippen LogP contribution is 2.28. The van der Waals surface area contributed by atoms with Crippen LogP contribution >= 0.6 is 11.8 Å². The van der Waals surface area contributed by atoms with E-state index in [4.69, 9.17) is 0 Å². The summed E-state index contributed by atoms with van der Waals surface area (Å²) < 4.78 is 22.8. The molecule has 1 fully saturated rings. The van der Waals surface area contributed by atoms with Crippen molar-refractivity contribution in [3.8, 4) is 0 Å². The number of hydrogen-bond acceptors (Lipinski definition) is 4. The first-order chi connectivity index (χ1) is 8.11. The van der Waals surface area contributed by atoms with Crippen LogP contribution in [-0.4, -0.2) is 31.7 Å². The topological polar surface area (TPSA) is 46.2 Å². The van der Waals surface area contributed by atoms with Gasteiger partial charge in [0, 0.05) is 16.6 Å². The number of rotatable bonds is 4. The molecular weight excluding hydrogens is 254 g/mol. The molecular formula is C12H17NO2S2. The lowest BCUT2D eigenvalue weighted by molar-refractivity contribution is 0.602. The van der Waals surface area contributed by atoms with E-state index in [1.807, 2.05) is 18.2 Å². The molecule has 1 saturated heterocycles. The average Bonchev–Trinajstić information content (AvgIpc) is 2.61. The molecule has 1 N–H and O–H groups in total. The fraction of sp³-hybridized carbons (Fsp3) is 0.500. The molecule has 1 aromatic carbocycles. The first kappa shape index (κ1) is 12.8. The zero-order chi connectivity index (χ0) is 12.3. The van der Waals surface area contributed by atoms with Crippen molar-refractivity contribution in [2.24, 2.45) is 0 Å². The Hall–Kier alpha value is -0.680. The van der Waals surface area contributed by atoms with E-state index in [-0.39, 0.29) is 11.8 Å². The van der Waals surface area contributed by atoms with Crippen molar-refractivity contribution in [3.05, 3.63) is 24.3 Å². The van der Waals surface area contributed by atoms with Crippen LogP contribution in [0.5, 0.6) is 0 Å². The number of anilines is 1. The normalized spacial score (nSPS) is 22.5. The summed E-state index contributed by atoms with van der Waals surface area (Å²) in [4.78, 5) is 1.19. The van der Waals surface area contributed by atoms with Gasteiger partial charge >= 0.3 is 0 Å². The highest BCUT2D eigenvalue weighted by Gasteiger charge is 2.27. The maximum Gasteiger partial charge on any atom is 0.152 e. The quantitative estimate of drug-likeness (QED) is 0.854. The minimum Gasteiger partial charge on any atom is -0.380 e. The predicted octanol–water partition coefficient (Wildman–Crippen LogP) is 2.40. The van der Waals surface area contributed by atoms with Crippen LogP contribution in [0.1, 0.15) is 13.3 Å². The molecule has 2 rings (SSSR count). The molecule has 0 radical (unpaired) electrons. The maximum atomic E-state index is 11.4. The van der Waals surface area contributed by atoms with Gasteiger partial charge in [0.15, 0.2) is 9.84 Å². The van der Waals surface area contributed by atoms with Crippen molar-refractivity contribution in [3.63, 3.8) is 0 Å². The Morgan fingerprint density at radius 2 is 2.18 bits per heavy atom. The molecule has 0 spiro atoms. The van der Waals surface area contributed by atoms with Crippen LogP contribution in [0.15, 0.2) is 29.2 Å². The maximum absolute atomic E-state index is 11.4. The standard InChI is InChI=1S/C12H17NO2S2/c1-2-16-12-6-4-3-5-11(12)13-10-7-8-17(14,15)9-10/h3-6,10,13H,2,7-9H2,1H3. The van der Waals surface area contributed by atoms with E-state index < -0.39 is 9.84 Å². The number of sulfone groups is 1. The lowest BCUT2D eigenvalue weighted by Crippen LogP contribution is -2.20. The Morgan fingerprint density at radius 3 is 2.82 bits per heavy atom. The van der Waals surface area contributed by atoms with Gasteiger partial charge in [0.2, 0.25) is 0 Å². The highest BCUT2D eigenvalue weighted by atomic mass is 32.2. The van der Waals surface area contributed by atoms with Crippen molar-refractivity contribution < 1.29 is 8.42 Å². The second-order valence-electron chi connectivity index (χ2n) is 4.17. The number of benzene rings is 1. The zero-order valence-electron chi connectivity index (χ0n) is 9.85. The Morgan fingerprint density at radius 1 is 1.41 bits per heavy atom. The lowest BCUT2D eigenvalue weighted by Gasteiger charge is -2.15. The smallest absolute Gasteiger partial charge is 0.152 e. The van der Waals surface area contributed by atoms with E-state index in [1.54, 1.807) is 11.8 Å². The molecule has 1 unspecified atom stereocenters. The van der Waals surface area contributed by atoms with E-state index in [0.29, 0.717) is 12.2 Å². The van der Waals surface area contributed by atoms with Crippen LogP contribution < -0.4 is 5.32 Å². The summed E-state index contributed by atoms with van der Waals surface area (Å²) in [5.74, 6) is 1.59. The number of para-hydroxylation sites is 1. The first-order valence-corrected chi connectivity index (χ1v) is 8.60. The van der Waals surface area contributed by atoms with Crippen molar-refractivity contribution in [1.29, 1.82) is 0 Å². The van der Waals surface area contributed by atoms with Gasteiger partial charge in [0.05, 0.1) is 11.5 Å². The molecule has 0 saturated carbocycles. The summed E-state index contributed by atoms with van der Waals surface area (Å²) >= 11 is 1.77. The van der Waals surface area contributed by atoms with Gasteiger partial charge in [-0.15, -0.1) is 11.8 Å². The van der Waals surface area contributed by atoms with Gasteiger partial charge in [-0.25, -0.2) is 8.42 Å². The van der Waals surface area contributed by atoms with Gasteiger partial charge < -0.3 is 5.32 Å². The third-order valence-corrected chi connectivity index (χ3v) is 5.50. The Bertz CT molecular complexity index is 485. The second kappa shape index (κ2) is 5.31. The van der Waals surface area contributed by atoms with Gasteiger partial charge in [-0.05, 0) is 24.3 Å². The van der Waals surface area contributed by atoms with Crippen molar-refractivity contribution in [2.45, 2.75) is 24.3 Å². The van der Waals surface area contributed by atoms with Crippen LogP contribution in [0.4, 0.5) is 5.69 Å². The lowest BCUT2D eigenvalue weighted by atomic mass is 10.2. The minimum absolute atomic E-state index is 0.0682. The van der Waals surface area contributed by atoms with E-state index in [2.05, 4.69) is 18.3 Å². The Labute approximate surface area is 107 Å². The van der Waals surface area contributed by atoms with Crippen LogP contribution in [0.2, 0.25) is 0 Å². The average molecular weight is 271 g/mol. The van der Waals surface area contributed by atoms with Crippen molar-refractivity contribution >= 4 is 27.3 Å². The van der Waals surface area contributed by atoms with Gasteiger partial charge in [-0.1, -0.05) is 19.1 Å². The molecule has 5 heteroatoms. The molecule has 0 amide bonds. The molecule has 1 aliphatic rings. The third-order valence-electron chi connectivity index (χ3n) is 2.78. The Kier molecular flexibility index (Phi) is 3.99. The summed E-state index contributed by atoms with van der Waals surface area (Å²) in [6.07, 6.45) is 0.716. The highest BCUT2D eigenvalue weighted by molar-refractivity contribution is 7.99. The summed E-state index contributed by atoms with van der Waals surface area (Å²) in [6, 6.07) is 8.14. The molecule has 1 heterocycles. The molecule has 0 bridgehead atoms. The van der Waals surface area contributed by atoms with Crippen LogP contribution in [0, 0.1) is 0 Å². The van der Waals surface area contributed by atoms with Gasteiger partial charge in [-0.3, -0.25) is 0 Å². The SMILES string of the molecule is CCSc1ccccc1NC1CCS(=O)(=O)C1. The van der Waals surface area contributed by atoms with E-state index in [9.17, 15) is 8.42 Å². The van der Waals surface area contributed by atoms with E-state index in [1.165, 1.54) is 4.90 Å². The predicted molar refractivity (Wildman–Crippen MR) is 73.5 cm³/mol. The summed E-state index contributed by atoms with van der Waals surface area (Å²) in [7, 11) is -2.81. The van der Waals surface area contributed by atoms with E-state index in [0.717, 1.165) is 11.4 Å². The largest absolute Gasteiger partial charge is 0.380 e. The van der Waals surface area contributed by atoms with E-state index >= 15 is 0 Å². The van der Waals surface area contributed by atoms with Crippen molar-refractivity contribution in [1.82, 2.24) is 0 Å². The number of nitrogens with one attached hydrogen (secondary N) is 1. The van der Waals surface area contributed by atoms with Crippen LogP contribution in [0.25, 0.3) is 0 Å². The summed E-state index contributed by atoms with van der Waals surface area (Å²) in [6.45, 7) is 2.11. The molecule has 1 aromatic rings. The molecule has 1 aliphatic heterocycles. The number of thioether (sulfide) groups is 1. The van der Waals surface area contributed by atoms with Gasteiger partial charge in [0.25, 0.3) is 0 Å². The minimum atomic E-state index is -2.81. The fourth-order valence-electron chi connectivity index (χ4n) is 2.00. The molecule has 0 aliphatic carbocycles. The first-order valence-electron chi connectivity index (χ1n) is 5.79. The second-order valence-corrected chi connectivity index (χ2v) is 7.71. The molecule has 94 valence electrons.